The van der Waals surface area contributed by atoms with Gasteiger partial charge in [0.2, 0.25) is 11.8 Å². The Kier molecular flexibility index (Phi) is 8.46. The Morgan fingerprint density at radius 3 is 2.70 bits per heavy atom. The van der Waals surface area contributed by atoms with Gasteiger partial charge in [0.1, 0.15) is 10.9 Å². The summed E-state index contributed by atoms with van der Waals surface area (Å²) in [6, 6.07) is 7.39. The van der Waals surface area contributed by atoms with Crippen LogP contribution in [-0.4, -0.2) is 39.7 Å². The van der Waals surface area contributed by atoms with Gasteiger partial charge in [-0.25, -0.2) is 4.98 Å². The Morgan fingerprint density at radius 2 is 2.03 bits per heavy atom. The zero-order valence-electron chi connectivity index (χ0n) is 19.0. The van der Waals surface area contributed by atoms with E-state index < -0.39 is 6.04 Å². The van der Waals surface area contributed by atoms with Gasteiger partial charge in [-0.15, -0.1) is 17.9 Å². The standard InChI is InChI=1S/C24H28N4O3S2/c1-5-11-25-21(30)16(4)26-19(29)14-33-24-27-22-20(23(31)28(24)12-6-2)18(13-32-22)17-9-7-15(3)8-10-17/h6-10,13,16H,2,5,11-12,14H2,1,3-4H3,(H,25,30)(H,26,29)/t16-/m0/s1. The van der Waals surface area contributed by atoms with Crippen LogP contribution in [0.5, 0.6) is 0 Å². The Labute approximate surface area is 201 Å². The fourth-order valence-electron chi connectivity index (χ4n) is 3.23. The zero-order valence-corrected chi connectivity index (χ0v) is 20.6. The molecule has 2 heterocycles. The lowest BCUT2D eigenvalue weighted by atomic mass is 10.1. The maximum absolute atomic E-state index is 13.4. The predicted molar refractivity (Wildman–Crippen MR) is 136 cm³/mol. The number of hydrogen-bond acceptors (Lipinski definition) is 6. The van der Waals surface area contributed by atoms with E-state index in [9.17, 15) is 14.4 Å². The molecule has 2 aromatic heterocycles. The highest BCUT2D eigenvalue weighted by atomic mass is 32.2. The van der Waals surface area contributed by atoms with Crippen molar-refractivity contribution in [2.45, 2.75) is 44.9 Å². The van der Waals surface area contributed by atoms with Crippen LogP contribution in [0.25, 0.3) is 21.3 Å². The van der Waals surface area contributed by atoms with Gasteiger partial charge in [-0.3, -0.25) is 19.0 Å². The van der Waals surface area contributed by atoms with E-state index in [-0.39, 0.29) is 29.7 Å². The topological polar surface area (TPSA) is 93.1 Å². The summed E-state index contributed by atoms with van der Waals surface area (Å²) in [5.74, 6) is -0.484. The van der Waals surface area contributed by atoms with Crippen LogP contribution in [-0.2, 0) is 16.1 Å². The molecular weight excluding hydrogens is 456 g/mol. The number of allylic oxidation sites excluding steroid dienone is 1. The third-order valence-electron chi connectivity index (χ3n) is 4.99. The van der Waals surface area contributed by atoms with Crippen LogP contribution in [0, 0.1) is 6.92 Å². The summed E-state index contributed by atoms with van der Waals surface area (Å²) >= 11 is 2.58. The number of amides is 2. The Bertz CT molecular complexity index is 1210. The number of carbonyl (C=O) groups excluding carboxylic acids is 2. The molecule has 1 atom stereocenters. The molecule has 33 heavy (non-hydrogen) atoms. The van der Waals surface area contributed by atoms with Crippen molar-refractivity contribution in [3.8, 4) is 11.1 Å². The van der Waals surface area contributed by atoms with Gasteiger partial charge < -0.3 is 10.6 Å². The van der Waals surface area contributed by atoms with Gasteiger partial charge in [-0.2, -0.15) is 0 Å². The number of nitrogens with one attached hydrogen (secondary N) is 2. The highest BCUT2D eigenvalue weighted by Crippen LogP contribution is 2.32. The number of hydrogen-bond donors (Lipinski definition) is 2. The van der Waals surface area contributed by atoms with Crippen LogP contribution in [0.1, 0.15) is 25.8 Å². The molecular formula is C24H28N4O3S2. The first-order valence-corrected chi connectivity index (χ1v) is 12.6. The molecule has 7 nitrogen and oxygen atoms in total. The zero-order chi connectivity index (χ0) is 24.0. The maximum Gasteiger partial charge on any atom is 0.263 e. The van der Waals surface area contributed by atoms with Crippen molar-refractivity contribution in [2.75, 3.05) is 12.3 Å². The SMILES string of the molecule is C=CCn1c(SCC(=O)N[C@@H](C)C(=O)NCCC)nc2scc(-c3ccc(C)cc3)c2c1=O. The number of carbonyl (C=O) groups is 2. The normalized spacial score (nSPS) is 11.8. The molecule has 0 saturated carbocycles. The molecule has 1 aromatic carbocycles. The van der Waals surface area contributed by atoms with E-state index in [1.165, 1.54) is 27.7 Å². The molecule has 2 amide bonds. The third-order valence-corrected chi connectivity index (χ3v) is 6.83. The number of fused-ring (bicyclic) bond motifs is 1. The monoisotopic (exact) mass is 484 g/mol. The van der Waals surface area contributed by atoms with E-state index in [1.54, 1.807) is 13.0 Å². The maximum atomic E-state index is 13.4. The molecule has 0 bridgehead atoms. The number of aryl methyl sites for hydroxylation is 1. The molecule has 0 fully saturated rings. The number of rotatable bonds is 10. The molecule has 174 valence electrons. The molecule has 0 radical (unpaired) electrons. The summed E-state index contributed by atoms with van der Waals surface area (Å²) < 4.78 is 1.54. The second-order valence-corrected chi connectivity index (χ2v) is 9.46. The number of thioether (sulfide) groups is 1. The summed E-state index contributed by atoms with van der Waals surface area (Å²) in [6.45, 7) is 10.2. The smallest absolute Gasteiger partial charge is 0.263 e. The van der Waals surface area contributed by atoms with Crippen LogP contribution in [0.3, 0.4) is 0 Å². The quantitative estimate of drug-likeness (QED) is 0.260. The third kappa shape index (κ3) is 5.91. The summed E-state index contributed by atoms with van der Waals surface area (Å²) in [6.07, 6.45) is 2.46. The van der Waals surface area contributed by atoms with Crippen LogP contribution in [0.15, 0.2) is 52.3 Å². The van der Waals surface area contributed by atoms with Crippen molar-refractivity contribution >= 4 is 45.1 Å². The van der Waals surface area contributed by atoms with E-state index in [4.69, 9.17) is 0 Å². The average molecular weight is 485 g/mol. The number of aromatic nitrogens is 2. The summed E-state index contributed by atoms with van der Waals surface area (Å²) in [4.78, 5) is 43.1. The predicted octanol–water partition coefficient (Wildman–Crippen LogP) is 3.74. The molecule has 0 unspecified atom stereocenters. The molecule has 3 rings (SSSR count). The van der Waals surface area contributed by atoms with Gasteiger partial charge in [0.15, 0.2) is 5.16 Å². The lowest BCUT2D eigenvalue weighted by molar-refractivity contribution is -0.127. The van der Waals surface area contributed by atoms with Crippen LogP contribution >= 0.6 is 23.1 Å². The van der Waals surface area contributed by atoms with Gasteiger partial charge >= 0.3 is 0 Å². The number of thiophene rings is 1. The summed E-state index contributed by atoms with van der Waals surface area (Å²) in [5, 5.41) is 8.40. The average Bonchev–Trinajstić information content (AvgIpc) is 3.22. The van der Waals surface area contributed by atoms with Crippen LogP contribution in [0.4, 0.5) is 0 Å². The minimum absolute atomic E-state index is 0.0384. The van der Waals surface area contributed by atoms with E-state index in [0.29, 0.717) is 21.9 Å². The van der Waals surface area contributed by atoms with Gasteiger partial charge in [-0.05, 0) is 25.8 Å². The molecule has 0 aliphatic heterocycles. The second kappa shape index (κ2) is 11.3. The summed E-state index contributed by atoms with van der Waals surface area (Å²) in [5.41, 5.74) is 2.80. The Balaban J connectivity index is 1.83. The van der Waals surface area contributed by atoms with E-state index in [0.717, 1.165) is 23.1 Å². The van der Waals surface area contributed by atoms with Crippen molar-refractivity contribution in [3.63, 3.8) is 0 Å². The largest absolute Gasteiger partial charge is 0.354 e. The van der Waals surface area contributed by atoms with E-state index in [2.05, 4.69) is 22.2 Å². The van der Waals surface area contributed by atoms with Gasteiger partial charge in [0.25, 0.3) is 5.56 Å². The minimum atomic E-state index is -0.634. The lowest BCUT2D eigenvalue weighted by Gasteiger charge is -2.14. The van der Waals surface area contributed by atoms with Crippen molar-refractivity contribution in [2.24, 2.45) is 0 Å². The summed E-state index contributed by atoms with van der Waals surface area (Å²) in [7, 11) is 0. The van der Waals surface area contributed by atoms with Gasteiger partial charge in [0, 0.05) is 24.0 Å². The van der Waals surface area contributed by atoms with Gasteiger partial charge in [0.05, 0.1) is 11.1 Å². The van der Waals surface area contributed by atoms with E-state index >= 15 is 0 Å². The number of benzene rings is 1. The van der Waals surface area contributed by atoms with E-state index in [1.807, 2.05) is 43.5 Å². The lowest BCUT2D eigenvalue weighted by Crippen LogP contribution is -2.45. The fraction of sp³-hybridized carbons (Fsp3) is 0.333. The first-order chi connectivity index (χ1) is 15.8. The molecule has 9 heteroatoms. The van der Waals surface area contributed by atoms with Crippen LogP contribution in [0.2, 0.25) is 0 Å². The van der Waals surface area contributed by atoms with Gasteiger partial charge in [-0.1, -0.05) is 54.6 Å². The Morgan fingerprint density at radius 1 is 1.30 bits per heavy atom. The molecule has 0 spiro atoms. The minimum Gasteiger partial charge on any atom is -0.354 e. The molecule has 0 saturated heterocycles. The van der Waals surface area contributed by atoms with Crippen molar-refractivity contribution in [3.05, 3.63) is 58.2 Å². The number of nitrogens with zero attached hydrogens (tertiary/aromatic N) is 2. The molecule has 2 N–H and O–H groups in total. The first kappa shape index (κ1) is 24.7. The van der Waals surface area contributed by atoms with Crippen molar-refractivity contribution in [1.29, 1.82) is 0 Å². The fourth-order valence-corrected chi connectivity index (χ4v) is 5.04. The molecule has 0 aliphatic rings. The van der Waals surface area contributed by atoms with Crippen LogP contribution < -0.4 is 16.2 Å². The molecule has 3 aromatic rings. The highest BCUT2D eigenvalue weighted by molar-refractivity contribution is 7.99. The molecule has 0 aliphatic carbocycles. The Hall–Kier alpha value is -2.91. The first-order valence-electron chi connectivity index (χ1n) is 10.8. The highest BCUT2D eigenvalue weighted by Gasteiger charge is 2.19. The van der Waals surface area contributed by atoms with Crippen molar-refractivity contribution in [1.82, 2.24) is 20.2 Å². The van der Waals surface area contributed by atoms with Crippen molar-refractivity contribution < 1.29 is 9.59 Å². The second-order valence-electron chi connectivity index (χ2n) is 7.66.